The van der Waals surface area contributed by atoms with E-state index in [2.05, 4.69) is 5.32 Å². The van der Waals surface area contributed by atoms with E-state index in [-0.39, 0.29) is 19.0 Å². The molecule has 0 unspecified atom stereocenters. The van der Waals surface area contributed by atoms with Crippen molar-refractivity contribution in [3.8, 4) is 0 Å². The summed E-state index contributed by atoms with van der Waals surface area (Å²) >= 11 is 0. The predicted molar refractivity (Wildman–Crippen MR) is 50.1 cm³/mol. The molecule has 2 rings (SSSR count). The lowest BCUT2D eigenvalue weighted by molar-refractivity contribution is -0.129. The number of amides is 1. The molecule has 0 radical (unpaired) electrons. The molecule has 14 heavy (non-hydrogen) atoms. The molecule has 1 amide bonds. The van der Waals surface area contributed by atoms with Crippen LogP contribution in [0.4, 0.5) is 4.79 Å². The van der Waals surface area contributed by atoms with Crippen LogP contribution in [0.15, 0.2) is 0 Å². The van der Waals surface area contributed by atoms with Gasteiger partial charge in [0, 0.05) is 0 Å². The van der Waals surface area contributed by atoms with Crippen molar-refractivity contribution in [2.45, 2.75) is 18.4 Å². The molecule has 0 aromatic carbocycles. The van der Waals surface area contributed by atoms with Gasteiger partial charge in [-0.05, 0) is 31.8 Å². The van der Waals surface area contributed by atoms with Crippen molar-refractivity contribution >= 4 is 6.09 Å². The van der Waals surface area contributed by atoms with Gasteiger partial charge in [-0.1, -0.05) is 0 Å². The second-order valence-corrected chi connectivity index (χ2v) is 4.27. The van der Waals surface area contributed by atoms with Crippen molar-refractivity contribution in [2.75, 3.05) is 26.2 Å². The third-order valence-electron chi connectivity index (χ3n) is 3.30. The van der Waals surface area contributed by atoms with E-state index >= 15 is 0 Å². The fourth-order valence-corrected chi connectivity index (χ4v) is 2.37. The van der Waals surface area contributed by atoms with Crippen LogP contribution in [-0.4, -0.2) is 53.0 Å². The standard InChI is InChI=1S/C9H16N2O3/c12-8(13)11-5-9(14,6-11)7-1-3-10-4-2-7/h7,10,14H,1-6H2,(H,12,13). The number of carbonyl (C=O) groups is 1. The largest absolute Gasteiger partial charge is 0.465 e. The molecule has 0 aromatic heterocycles. The highest BCUT2D eigenvalue weighted by Gasteiger charge is 2.49. The molecule has 0 saturated carbocycles. The fourth-order valence-electron chi connectivity index (χ4n) is 2.37. The van der Waals surface area contributed by atoms with Crippen LogP contribution in [0.2, 0.25) is 0 Å². The molecule has 0 aliphatic carbocycles. The van der Waals surface area contributed by atoms with E-state index < -0.39 is 11.7 Å². The molecule has 2 heterocycles. The Morgan fingerprint density at radius 3 is 2.43 bits per heavy atom. The zero-order valence-corrected chi connectivity index (χ0v) is 8.07. The van der Waals surface area contributed by atoms with Crippen LogP contribution in [0.25, 0.3) is 0 Å². The maximum absolute atomic E-state index is 10.6. The first-order chi connectivity index (χ1) is 6.62. The summed E-state index contributed by atoms with van der Waals surface area (Å²) in [5, 5.41) is 22.0. The van der Waals surface area contributed by atoms with Gasteiger partial charge in [-0.2, -0.15) is 0 Å². The first kappa shape index (κ1) is 9.73. The number of aliphatic hydroxyl groups is 1. The minimum atomic E-state index is -0.927. The van der Waals surface area contributed by atoms with Gasteiger partial charge in [-0.15, -0.1) is 0 Å². The van der Waals surface area contributed by atoms with Gasteiger partial charge in [0.25, 0.3) is 0 Å². The summed E-state index contributed by atoms with van der Waals surface area (Å²) < 4.78 is 0. The van der Waals surface area contributed by atoms with E-state index in [1.807, 2.05) is 0 Å². The quantitative estimate of drug-likeness (QED) is 0.544. The Bertz CT molecular complexity index is 232. The van der Waals surface area contributed by atoms with Gasteiger partial charge >= 0.3 is 6.09 Å². The van der Waals surface area contributed by atoms with E-state index in [0.29, 0.717) is 0 Å². The molecule has 0 spiro atoms. The first-order valence-corrected chi connectivity index (χ1v) is 5.03. The fraction of sp³-hybridized carbons (Fsp3) is 0.889. The minimum Gasteiger partial charge on any atom is -0.465 e. The van der Waals surface area contributed by atoms with E-state index in [4.69, 9.17) is 5.11 Å². The Morgan fingerprint density at radius 2 is 1.93 bits per heavy atom. The molecule has 5 nitrogen and oxygen atoms in total. The van der Waals surface area contributed by atoms with E-state index in [9.17, 15) is 9.90 Å². The van der Waals surface area contributed by atoms with Crippen molar-refractivity contribution < 1.29 is 15.0 Å². The van der Waals surface area contributed by atoms with Crippen molar-refractivity contribution in [3.05, 3.63) is 0 Å². The summed E-state index contributed by atoms with van der Waals surface area (Å²) in [5.74, 6) is 0.263. The number of nitrogens with zero attached hydrogens (tertiary/aromatic N) is 1. The average Bonchev–Trinajstić information content (AvgIpc) is 2.14. The zero-order valence-electron chi connectivity index (χ0n) is 8.07. The lowest BCUT2D eigenvalue weighted by Gasteiger charge is -2.50. The van der Waals surface area contributed by atoms with Crippen LogP contribution >= 0.6 is 0 Å². The average molecular weight is 200 g/mol. The maximum atomic E-state index is 10.6. The summed E-state index contributed by atoms with van der Waals surface area (Å²) in [6.45, 7) is 2.43. The molecular weight excluding hydrogens is 184 g/mol. The molecule has 2 fully saturated rings. The highest BCUT2D eigenvalue weighted by atomic mass is 16.4. The molecule has 2 aliphatic heterocycles. The monoisotopic (exact) mass is 200 g/mol. The topological polar surface area (TPSA) is 72.8 Å². The summed E-state index contributed by atoms with van der Waals surface area (Å²) in [7, 11) is 0. The van der Waals surface area contributed by atoms with Crippen molar-refractivity contribution in [3.63, 3.8) is 0 Å². The lowest BCUT2D eigenvalue weighted by Crippen LogP contribution is -2.67. The van der Waals surface area contributed by atoms with Gasteiger partial charge in [0.15, 0.2) is 0 Å². The minimum absolute atomic E-state index is 0.263. The third kappa shape index (κ3) is 1.57. The number of β-amino-alcohol motifs (C(OH)–C–C–N with tert-alkyl or cyclic N) is 1. The van der Waals surface area contributed by atoms with Gasteiger partial charge < -0.3 is 20.4 Å². The van der Waals surface area contributed by atoms with Crippen LogP contribution in [0.3, 0.4) is 0 Å². The highest BCUT2D eigenvalue weighted by Crippen LogP contribution is 2.34. The van der Waals surface area contributed by atoms with Gasteiger partial charge in [0.1, 0.15) is 5.60 Å². The van der Waals surface area contributed by atoms with E-state index in [1.54, 1.807) is 0 Å². The second kappa shape index (κ2) is 3.40. The molecule has 80 valence electrons. The van der Waals surface area contributed by atoms with E-state index in [1.165, 1.54) is 4.90 Å². The Labute approximate surface area is 82.7 Å². The molecule has 2 saturated heterocycles. The Balaban J connectivity index is 1.89. The number of hydrogen-bond donors (Lipinski definition) is 3. The van der Waals surface area contributed by atoms with Gasteiger partial charge in [0.2, 0.25) is 0 Å². The molecule has 0 bridgehead atoms. The maximum Gasteiger partial charge on any atom is 0.407 e. The zero-order chi connectivity index (χ0) is 10.2. The SMILES string of the molecule is O=C(O)N1CC(O)(C2CCNCC2)C1. The number of hydrogen-bond acceptors (Lipinski definition) is 3. The highest BCUT2D eigenvalue weighted by molar-refractivity contribution is 5.66. The second-order valence-electron chi connectivity index (χ2n) is 4.27. The smallest absolute Gasteiger partial charge is 0.407 e. The molecule has 2 aliphatic rings. The summed E-state index contributed by atoms with van der Waals surface area (Å²) in [6.07, 6.45) is 0.970. The Kier molecular flexibility index (Phi) is 2.36. The summed E-state index contributed by atoms with van der Waals surface area (Å²) in [5.41, 5.74) is -0.750. The molecule has 0 aromatic rings. The number of rotatable bonds is 1. The predicted octanol–water partition coefficient (Wildman–Crippen LogP) is -0.289. The van der Waals surface area contributed by atoms with Crippen LogP contribution in [0.5, 0.6) is 0 Å². The molecule has 0 atom stereocenters. The third-order valence-corrected chi connectivity index (χ3v) is 3.30. The van der Waals surface area contributed by atoms with Crippen molar-refractivity contribution in [1.82, 2.24) is 10.2 Å². The first-order valence-electron chi connectivity index (χ1n) is 5.03. The number of piperidine rings is 1. The summed E-state index contributed by atoms with van der Waals surface area (Å²) in [6, 6.07) is 0. The van der Waals surface area contributed by atoms with Crippen molar-refractivity contribution in [2.24, 2.45) is 5.92 Å². The molecule has 3 N–H and O–H groups in total. The van der Waals surface area contributed by atoms with Gasteiger partial charge in [-0.3, -0.25) is 0 Å². The van der Waals surface area contributed by atoms with Crippen LogP contribution in [0, 0.1) is 5.92 Å². The Morgan fingerprint density at radius 1 is 1.36 bits per heavy atom. The van der Waals surface area contributed by atoms with Crippen molar-refractivity contribution in [1.29, 1.82) is 0 Å². The van der Waals surface area contributed by atoms with Crippen LogP contribution in [-0.2, 0) is 0 Å². The van der Waals surface area contributed by atoms with E-state index in [0.717, 1.165) is 25.9 Å². The lowest BCUT2D eigenvalue weighted by atomic mass is 9.76. The number of likely N-dealkylation sites (tertiary alicyclic amines) is 1. The van der Waals surface area contributed by atoms with Gasteiger partial charge in [-0.25, -0.2) is 4.79 Å². The van der Waals surface area contributed by atoms with Crippen LogP contribution < -0.4 is 5.32 Å². The van der Waals surface area contributed by atoms with Crippen LogP contribution in [0.1, 0.15) is 12.8 Å². The van der Waals surface area contributed by atoms with Gasteiger partial charge in [0.05, 0.1) is 13.1 Å². The number of carboxylic acid groups (broad SMARTS) is 1. The normalized spacial score (nSPS) is 27.1. The number of nitrogens with one attached hydrogen (secondary N) is 1. The Hall–Kier alpha value is -0.810. The summed E-state index contributed by atoms with van der Waals surface area (Å²) in [4.78, 5) is 11.8. The molecular formula is C9H16N2O3. The molecule has 5 heteroatoms.